The number of aryl methyl sites for hydroxylation is 2. The van der Waals surface area contributed by atoms with Gasteiger partial charge in [0.2, 0.25) is 11.8 Å². The normalized spacial score (nSPS) is 33.6. The summed E-state index contributed by atoms with van der Waals surface area (Å²) in [5, 5.41) is 0. The first-order valence-corrected chi connectivity index (χ1v) is 10.1. The van der Waals surface area contributed by atoms with Gasteiger partial charge < -0.3 is 0 Å². The Balaban J connectivity index is 1.49. The zero-order valence-corrected chi connectivity index (χ0v) is 16.5. The van der Waals surface area contributed by atoms with Gasteiger partial charge in [0.25, 0.3) is 0 Å². The van der Waals surface area contributed by atoms with Crippen LogP contribution in [-0.4, -0.2) is 35.5 Å². The molecule has 0 unspecified atom stereocenters. The number of alkyl halides is 3. The molecule has 6 atom stereocenters. The summed E-state index contributed by atoms with van der Waals surface area (Å²) in [6, 6.07) is 4.68. The van der Waals surface area contributed by atoms with Gasteiger partial charge >= 0.3 is 12.1 Å². The number of nitrogens with zero attached hydrogens (tertiary/aromatic N) is 2. The fourth-order valence-corrected chi connectivity index (χ4v) is 5.82. The molecule has 1 heterocycles. The Kier molecular flexibility index (Phi) is 3.98. The van der Waals surface area contributed by atoms with Gasteiger partial charge in [-0.1, -0.05) is 18.2 Å². The fourth-order valence-electron chi connectivity index (χ4n) is 5.82. The van der Waals surface area contributed by atoms with Crippen LogP contribution >= 0.6 is 0 Å². The molecule has 30 heavy (non-hydrogen) atoms. The van der Waals surface area contributed by atoms with Gasteiger partial charge in [0.05, 0.1) is 11.8 Å². The van der Waals surface area contributed by atoms with Gasteiger partial charge in [0, 0.05) is 5.69 Å². The predicted octanol–water partition coefficient (Wildman–Crippen LogP) is 3.21. The summed E-state index contributed by atoms with van der Waals surface area (Å²) < 4.78 is 40.1. The van der Waals surface area contributed by atoms with Gasteiger partial charge in [-0.2, -0.15) is 13.2 Å². The van der Waals surface area contributed by atoms with E-state index in [1.807, 2.05) is 12.2 Å². The molecule has 1 saturated heterocycles. The molecule has 158 valence electrons. The smallest absolute Gasteiger partial charge is 0.286 e. The number of carbonyl (C=O) groups is 3. The highest BCUT2D eigenvalue weighted by molar-refractivity contribution is 6.07. The molecule has 0 N–H and O–H groups in total. The Morgan fingerprint density at radius 3 is 1.97 bits per heavy atom. The van der Waals surface area contributed by atoms with E-state index in [2.05, 4.69) is 0 Å². The number of likely N-dealkylation sites (tertiary alicyclic amines) is 1. The zero-order valence-electron chi connectivity index (χ0n) is 16.5. The Hall–Kier alpha value is -2.64. The van der Waals surface area contributed by atoms with Crippen molar-refractivity contribution in [1.82, 2.24) is 4.90 Å². The Morgan fingerprint density at radius 2 is 1.50 bits per heavy atom. The summed E-state index contributed by atoms with van der Waals surface area (Å²) in [7, 11) is 0. The van der Waals surface area contributed by atoms with Crippen LogP contribution in [-0.2, 0) is 14.4 Å². The van der Waals surface area contributed by atoms with Crippen molar-refractivity contribution >= 4 is 23.4 Å². The SMILES string of the molecule is Cc1cc(C)cc(N(CN2C(=O)[C@@H]3[C@H]4C=C[C@@H]([C@@H]5C[C@H]45)[C@H]3C2=O)C(=O)C(F)(F)F)c1. The van der Waals surface area contributed by atoms with E-state index in [1.54, 1.807) is 19.9 Å². The molecular weight excluding hydrogens is 397 g/mol. The van der Waals surface area contributed by atoms with Crippen molar-refractivity contribution in [2.75, 3.05) is 11.6 Å². The highest BCUT2D eigenvalue weighted by Gasteiger charge is 2.67. The number of benzene rings is 1. The van der Waals surface area contributed by atoms with Crippen molar-refractivity contribution in [3.05, 3.63) is 41.5 Å². The number of amides is 3. The first-order valence-electron chi connectivity index (χ1n) is 10.1. The molecule has 3 fully saturated rings. The van der Waals surface area contributed by atoms with E-state index < -0.39 is 42.4 Å². The number of imide groups is 1. The first kappa shape index (κ1) is 19.3. The minimum Gasteiger partial charge on any atom is -0.286 e. The van der Waals surface area contributed by atoms with Gasteiger partial charge in [-0.3, -0.25) is 24.2 Å². The van der Waals surface area contributed by atoms with Crippen molar-refractivity contribution in [3.63, 3.8) is 0 Å². The van der Waals surface area contributed by atoms with E-state index in [0.717, 1.165) is 11.3 Å². The van der Waals surface area contributed by atoms with Crippen LogP contribution in [0, 0.1) is 49.4 Å². The van der Waals surface area contributed by atoms with Crippen LogP contribution in [0.5, 0.6) is 0 Å². The van der Waals surface area contributed by atoms with Gasteiger partial charge in [0.1, 0.15) is 6.67 Å². The molecule has 8 heteroatoms. The maximum atomic E-state index is 13.4. The number of carbonyl (C=O) groups excluding carboxylic acids is 3. The van der Waals surface area contributed by atoms with E-state index in [0.29, 0.717) is 27.9 Å². The maximum absolute atomic E-state index is 13.4. The van der Waals surface area contributed by atoms with Crippen molar-refractivity contribution in [1.29, 1.82) is 0 Å². The Labute approximate surface area is 171 Å². The van der Waals surface area contributed by atoms with Crippen LogP contribution in [0.15, 0.2) is 30.4 Å². The molecule has 2 saturated carbocycles. The molecule has 1 aromatic carbocycles. The van der Waals surface area contributed by atoms with E-state index in [4.69, 9.17) is 0 Å². The molecule has 0 aromatic heterocycles. The number of allylic oxidation sites excluding steroid dienone is 2. The molecule has 3 amide bonds. The summed E-state index contributed by atoms with van der Waals surface area (Å²) in [5.74, 6) is -3.31. The van der Waals surface area contributed by atoms with Crippen LogP contribution < -0.4 is 4.90 Å². The second-order valence-electron chi connectivity index (χ2n) is 8.98. The van der Waals surface area contributed by atoms with Gasteiger partial charge in [0.15, 0.2) is 0 Å². The molecule has 2 bridgehead atoms. The molecule has 6 rings (SSSR count). The lowest BCUT2D eigenvalue weighted by molar-refractivity contribution is -0.171. The average molecular weight is 418 g/mol. The summed E-state index contributed by atoms with van der Waals surface area (Å²) in [5.41, 5.74) is 1.38. The topological polar surface area (TPSA) is 57.7 Å². The molecule has 5 aliphatic rings. The third-order valence-corrected chi connectivity index (χ3v) is 7.04. The molecule has 1 aliphatic heterocycles. The second-order valence-corrected chi connectivity index (χ2v) is 8.98. The predicted molar refractivity (Wildman–Crippen MR) is 101 cm³/mol. The van der Waals surface area contributed by atoms with Crippen LogP contribution in [0.1, 0.15) is 17.5 Å². The summed E-state index contributed by atoms with van der Waals surface area (Å²) in [4.78, 5) is 39.9. The lowest BCUT2D eigenvalue weighted by atomic mass is 9.63. The number of hydrogen-bond acceptors (Lipinski definition) is 3. The zero-order chi connectivity index (χ0) is 21.5. The number of rotatable bonds is 3. The number of anilines is 1. The minimum atomic E-state index is -5.13. The van der Waals surface area contributed by atoms with Gasteiger partial charge in [-0.05, 0) is 67.2 Å². The average Bonchev–Trinajstić information content (AvgIpc) is 3.44. The lowest BCUT2D eigenvalue weighted by Gasteiger charge is -2.37. The van der Waals surface area contributed by atoms with E-state index in [-0.39, 0.29) is 17.5 Å². The monoisotopic (exact) mass is 418 g/mol. The highest BCUT2D eigenvalue weighted by atomic mass is 19.4. The largest absolute Gasteiger partial charge is 0.471 e. The van der Waals surface area contributed by atoms with Crippen molar-refractivity contribution < 1.29 is 27.6 Å². The van der Waals surface area contributed by atoms with Gasteiger partial charge in [-0.25, -0.2) is 0 Å². The molecule has 0 spiro atoms. The highest BCUT2D eigenvalue weighted by Crippen LogP contribution is 2.65. The standard InChI is InChI=1S/C22H21F3N2O3/c1-10-5-11(2)7-12(6-10)26(21(30)22(23,24)25)9-27-19(28)17-13-3-4-14(16-8-15(13)16)18(17)20(27)29/h3-7,13-18H,8-9H2,1-2H3/t13-,14-,15-,16+,17+,18+/m0/s1. The summed E-state index contributed by atoms with van der Waals surface area (Å²) in [6.45, 7) is 2.70. The van der Waals surface area contributed by atoms with E-state index >= 15 is 0 Å². The first-order chi connectivity index (χ1) is 14.1. The number of halogens is 3. The summed E-state index contributed by atoms with van der Waals surface area (Å²) >= 11 is 0. The Morgan fingerprint density at radius 1 is 1.00 bits per heavy atom. The van der Waals surface area contributed by atoms with Crippen LogP contribution in [0.4, 0.5) is 18.9 Å². The third kappa shape index (κ3) is 2.72. The third-order valence-electron chi connectivity index (χ3n) is 7.04. The Bertz CT molecular complexity index is 946. The van der Waals surface area contributed by atoms with Crippen molar-refractivity contribution in [3.8, 4) is 0 Å². The van der Waals surface area contributed by atoms with Crippen LogP contribution in [0.3, 0.4) is 0 Å². The molecule has 5 nitrogen and oxygen atoms in total. The number of hydrogen-bond donors (Lipinski definition) is 0. The van der Waals surface area contributed by atoms with Crippen LogP contribution in [0.25, 0.3) is 0 Å². The molecule has 1 aromatic rings. The second kappa shape index (κ2) is 6.18. The summed E-state index contributed by atoms with van der Waals surface area (Å²) in [6.07, 6.45) is -0.135. The maximum Gasteiger partial charge on any atom is 0.471 e. The van der Waals surface area contributed by atoms with Crippen molar-refractivity contribution in [2.24, 2.45) is 35.5 Å². The van der Waals surface area contributed by atoms with E-state index in [9.17, 15) is 27.6 Å². The fraction of sp³-hybridized carbons (Fsp3) is 0.500. The van der Waals surface area contributed by atoms with Crippen LogP contribution in [0.2, 0.25) is 0 Å². The molecule has 4 aliphatic carbocycles. The van der Waals surface area contributed by atoms with E-state index in [1.165, 1.54) is 12.1 Å². The quantitative estimate of drug-likeness (QED) is 0.560. The lowest BCUT2D eigenvalue weighted by Crippen LogP contribution is -2.49. The minimum absolute atomic E-state index is 0.0224. The van der Waals surface area contributed by atoms with Crippen molar-refractivity contribution in [2.45, 2.75) is 26.4 Å². The van der Waals surface area contributed by atoms with Gasteiger partial charge in [-0.15, -0.1) is 0 Å². The molecule has 0 radical (unpaired) electrons. The molecular formula is C22H21F3N2O3.